The number of benzene rings is 1. The summed E-state index contributed by atoms with van der Waals surface area (Å²) in [5.41, 5.74) is 1.89. The molecular weight excluding hydrogens is 402 g/mol. The van der Waals surface area contributed by atoms with Crippen LogP contribution in [0.1, 0.15) is 87.2 Å². The molecule has 1 N–H and O–H groups in total. The first kappa shape index (κ1) is 22.6. The van der Waals surface area contributed by atoms with Crippen molar-refractivity contribution in [2.45, 2.75) is 96.7 Å². The molecular formula is C26H35N3O3. The predicted octanol–water partition coefficient (Wildman–Crippen LogP) is 4.21. The molecule has 1 unspecified atom stereocenters. The van der Waals surface area contributed by atoms with Crippen molar-refractivity contribution in [3.8, 4) is 5.75 Å². The molecule has 1 atom stereocenters. The molecule has 6 nitrogen and oxygen atoms in total. The molecule has 1 fully saturated rings. The van der Waals surface area contributed by atoms with Crippen molar-refractivity contribution in [3.63, 3.8) is 0 Å². The molecule has 1 saturated carbocycles. The van der Waals surface area contributed by atoms with E-state index >= 15 is 0 Å². The number of amides is 1. The van der Waals surface area contributed by atoms with Crippen LogP contribution in [0.2, 0.25) is 0 Å². The summed E-state index contributed by atoms with van der Waals surface area (Å²) in [5, 5.41) is 10.5. The summed E-state index contributed by atoms with van der Waals surface area (Å²) >= 11 is 0. The van der Waals surface area contributed by atoms with E-state index in [0.717, 1.165) is 32.1 Å². The lowest BCUT2D eigenvalue weighted by Gasteiger charge is -2.41. The highest BCUT2D eigenvalue weighted by Gasteiger charge is 2.40. The average molecular weight is 438 g/mol. The lowest BCUT2D eigenvalue weighted by atomic mass is 9.67. The zero-order valence-corrected chi connectivity index (χ0v) is 19.7. The lowest BCUT2D eigenvalue weighted by molar-refractivity contribution is 0.0523. The van der Waals surface area contributed by atoms with Crippen LogP contribution >= 0.6 is 0 Å². The number of aromatic hydroxyl groups is 1. The van der Waals surface area contributed by atoms with Crippen LogP contribution in [0.5, 0.6) is 5.75 Å². The van der Waals surface area contributed by atoms with E-state index in [9.17, 15) is 14.7 Å². The van der Waals surface area contributed by atoms with Gasteiger partial charge in [0, 0.05) is 30.5 Å². The van der Waals surface area contributed by atoms with Crippen LogP contribution in [-0.2, 0) is 24.8 Å². The van der Waals surface area contributed by atoms with Gasteiger partial charge in [-0.15, -0.1) is 0 Å². The third-order valence-electron chi connectivity index (χ3n) is 7.41. The minimum atomic E-state index is -0.703. The average Bonchev–Trinajstić information content (AvgIpc) is 2.77. The molecule has 2 heterocycles. The van der Waals surface area contributed by atoms with Gasteiger partial charge in [0.05, 0.1) is 0 Å². The summed E-state index contributed by atoms with van der Waals surface area (Å²) in [4.78, 5) is 32.0. The van der Waals surface area contributed by atoms with Gasteiger partial charge in [-0.05, 0) is 51.2 Å². The highest BCUT2D eigenvalue weighted by Crippen LogP contribution is 2.42. The van der Waals surface area contributed by atoms with E-state index in [2.05, 4.69) is 36.2 Å². The summed E-state index contributed by atoms with van der Waals surface area (Å²) < 4.78 is 1.82. The van der Waals surface area contributed by atoms with Crippen LogP contribution in [0, 0.1) is 0 Å². The van der Waals surface area contributed by atoms with Gasteiger partial charge in [0.25, 0.3) is 5.91 Å². The second kappa shape index (κ2) is 8.72. The van der Waals surface area contributed by atoms with E-state index in [0.29, 0.717) is 18.8 Å². The second-order valence-electron chi connectivity index (χ2n) is 9.87. The Balaban J connectivity index is 1.84. The Kier molecular flexibility index (Phi) is 6.15. The van der Waals surface area contributed by atoms with Gasteiger partial charge in [-0.2, -0.15) is 4.98 Å². The summed E-state index contributed by atoms with van der Waals surface area (Å²) in [5.74, 6) is -0.195. The number of carbonyl (C=O) groups is 1. The molecule has 4 rings (SSSR count). The SMILES string of the molecule is CCc1cccc(C2(Cc3nc(=O)c(O)c4n3CC(C)N(C(C)C)C4=O)CCCCC2)c1. The fourth-order valence-corrected chi connectivity index (χ4v) is 5.78. The first-order chi connectivity index (χ1) is 15.3. The predicted molar refractivity (Wildman–Crippen MR) is 125 cm³/mol. The van der Waals surface area contributed by atoms with Crippen LogP contribution in [-0.4, -0.2) is 37.5 Å². The van der Waals surface area contributed by atoms with Crippen LogP contribution in [0.15, 0.2) is 29.1 Å². The minimum absolute atomic E-state index is 0.0150. The lowest BCUT2D eigenvalue weighted by Crippen LogP contribution is -2.52. The minimum Gasteiger partial charge on any atom is -0.501 e. The maximum atomic E-state index is 13.3. The fourth-order valence-electron chi connectivity index (χ4n) is 5.78. The molecule has 172 valence electrons. The van der Waals surface area contributed by atoms with Gasteiger partial charge in [-0.3, -0.25) is 9.59 Å². The Hall–Kier alpha value is -2.63. The van der Waals surface area contributed by atoms with E-state index in [-0.39, 0.29) is 29.1 Å². The smallest absolute Gasteiger partial charge is 0.315 e. The number of aromatic nitrogens is 2. The van der Waals surface area contributed by atoms with Crippen molar-refractivity contribution >= 4 is 5.91 Å². The van der Waals surface area contributed by atoms with Crippen molar-refractivity contribution in [1.82, 2.24) is 14.5 Å². The van der Waals surface area contributed by atoms with E-state index in [1.807, 2.05) is 25.3 Å². The van der Waals surface area contributed by atoms with Crippen LogP contribution in [0.25, 0.3) is 0 Å². The van der Waals surface area contributed by atoms with Gasteiger partial charge in [0.15, 0.2) is 5.69 Å². The molecule has 6 heteroatoms. The zero-order chi connectivity index (χ0) is 23.0. The molecule has 1 aromatic heterocycles. The number of hydrogen-bond donors (Lipinski definition) is 1. The van der Waals surface area contributed by atoms with Gasteiger partial charge < -0.3 is 14.6 Å². The molecule has 2 aliphatic rings. The number of hydrogen-bond acceptors (Lipinski definition) is 4. The van der Waals surface area contributed by atoms with Gasteiger partial charge in [0.2, 0.25) is 5.75 Å². The number of carbonyl (C=O) groups excluding carboxylic acids is 1. The molecule has 1 aliphatic heterocycles. The highest BCUT2D eigenvalue weighted by atomic mass is 16.3. The first-order valence-corrected chi connectivity index (χ1v) is 12.0. The number of aryl methyl sites for hydroxylation is 1. The van der Waals surface area contributed by atoms with E-state index in [4.69, 9.17) is 0 Å². The van der Waals surface area contributed by atoms with E-state index in [1.54, 1.807) is 4.90 Å². The topological polar surface area (TPSA) is 75.4 Å². The van der Waals surface area contributed by atoms with Gasteiger partial charge >= 0.3 is 5.56 Å². The summed E-state index contributed by atoms with van der Waals surface area (Å²) in [6.07, 6.45) is 7.15. The summed E-state index contributed by atoms with van der Waals surface area (Å²) in [6, 6.07) is 8.74. The van der Waals surface area contributed by atoms with Crippen molar-refractivity contribution in [3.05, 3.63) is 57.3 Å². The molecule has 0 radical (unpaired) electrons. The summed E-state index contributed by atoms with van der Waals surface area (Å²) in [7, 11) is 0. The van der Waals surface area contributed by atoms with E-state index in [1.165, 1.54) is 17.5 Å². The fraction of sp³-hybridized carbons (Fsp3) is 0.577. The molecule has 0 spiro atoms. The third kappa shape index (κ3) is 3.84. The van der Waals surface area contributed by atoms with Gasteiger partial charge in [-0.1, -0.05) is 50.5 Å². The zero-order valence-electron chi connectivity index (χ0n) is 19.7. The Labute approximate surface area is 190 Å². The maximum absolute atomic E-state index is 13.3. The molecule has 32 heavy (non-hydrogen) atoms. The van der Waals surface area contributed by atoms with Gasteiger partial charge in [-0.25, -0.2) is 0 Å². The Bertz CT molecular complexity index is 1070. The largest absolute Gasteiger partial charge is 0.501 e. The molecule has 1 amide bonds. The Morgan fingerprint density at radius 3 is 2.56 bits per heavy atom. The van der Waals surface area contributed by atoms with Crippen LogP contribution < -0.4 is 5.56 Å². The summed E-state index contributed by atoms with van der Waals surface area (Å²) in [6.45, 7) is 8.62. The quantitative estimate of drug-likeness (QED) is 0.760. The monoisotopic (exact) mass is 437 g/mol. The third-order valence-corrected chi connectivity index (χ3v) is 7.41. The first-order valence-electron chi connectivity index (χ1n) is 12.0. The van der Waals surface area contributed by atoms with Crippen molar-refractivity contribution in [2.24, 2.45) is 0 Å². The van der Waals surface area contributed by atoms with Crippen LogP contribution in [0.4, 0.5) is 0 Å². The van der Waals surface area contributed by atoms with Crippen molar-refractivity contribution in [2.75, 3.05) is 0 Å². The Morgan fingerprint density at radius 1 is 1.19 bits per heavy atom. The highest BCUT2D eigenvalue weighted by molar-refractivity contribution is 5.96. The van der Waals surface area contributed by atoms with Crippen molar-refractivity contribution < 1.29 is 9.90 Å². The molecule has 2 aromatic rings. The number of nitrogens with zero attached hydrogens (tertiary/aromatic N) is 3. The Morgan fingerprint density at radius 2 is 1.91 bits per heavy atom. The standard InChI is InChI=1S/C26H35N3O3/c1-5-19-10-9-11-20(14-19)26(12-7-6-8-13-26)15-21-27-24(31)23(30)22-25(32)29(17(2)3)18(4)16-28(21)22/h9-11,14,17-18,30H,5-8,12-13,15-16H2,1-4H3. The van der Waals surface area contributed by atoms with Gasteiger partial charge in [0.1, 0.15) is 5.82 Å². The van der Waals surface area contributed by atoms with E-state index < -0.39 is 11.3 Å². The molecule has 0 saturated heterocycles. The number of rotatable bonds is 5. The number of fused-ring (bicyclic) bond motifs is 1. The molecule has 1 aromatic carbocycles. The normalized spacial score (nSPS) is 20.5. The second-order valence-corrected chi connectivity index (χ2v) is 9.87. The van der Waals surface area contributed by atoms with Crippen molar-refractivity contribution in [1.29, 1.82) is 0 Å². The maximum Gasteiger partial charge on any atom is 0.315 e. The molecule has 0 bridgehead atoms. The van der Waals surface area contributed by atoms with Crippen LogP contribution in [0.3, 0.4) is 0 Å². The molecule has 1 aliphatic carbocycles.